The largest absolute Gasteiger partial charge is 0.497 e. The third kappa shape index (κ3) is 3.07. The number of rotatable bonds is 3. The number of benzene rings is 1. The zero-order valence-electron chi connectivity index (χ0n) is 14.5. The molecule has 3 aromatic rings. The standard InChI is InChI=1S/C19H21N5O/c1-14-19(21-8-7-20-14)24-11-9-23(10-12-24)18-6-4-15-3-5-16(25-2)13-17(15)22-18/h3-8,13H,9-12H2,1-2H3. The van der Waals surface area contributed by atoms with Gasteiger partial charge in [-0.1, -0.05) is 0 Å². The Morgan fingerprint density at radius 3 is 2.40 bits per heavy atom. The van der Waals surface area contributed by atoms with Crippen LogP contribution in [0.2, 0.25) is 0 Å². The Hall–Kier alpha value is -2.89. The highest BCUT2D eigenvalue weighted by Gasteiger charge is 2.20. The minimum Gasteiger partial charge on any atom is -0.497 e. The van der Waals surface area contributed by atoms with Gasteiger partial charge in [-0.3, -0.25) is 4.98 Å². The number of fused-ring (bicyclic) bond motifs is 1. The minimum absolute atomic E-state index is 0.833. The van der Waals surface area contributed by atoms with E-state index in [2.05, 4.69) is 31.9 Å². The zero-order valence-corrected chi connectivity index (χ0v) is 14.5. The van der Waals surface area contributed by atoms with Gasteiger partial charge in [-0.2, -0.15) is 0 Å². The first-order valence-electron chi connectivity index (χ1n) is 8.47. The fourth-order valence-electron chi connectivity index (χ4n) is 3.25. The molecule has 0 saturated carbocycles. The number of hydrogen-bond donors (Lipinski definition) is 0. The lowest BCUT2D eigenvalue weighted by Crippen LogP contribution is -2.47. The van der Waals surface area contributed by atoms with Crippen LogP contribution in [0.3, 0.4) is 0 Å². The first kappa shape index (κ1) is 15.6. The smallest absolute Gasteiger partial charge is 0.150 e. The molecule has 2 aromatic heterocycles. The number of hydrogen-bond acceptors (Lipinski definition) is 6. The van der Waals surface area contributed by atoms with Gasteiger partial charge in [0.15, 0.2) is 0 Å². The Morgan fingerprint density at radius 2 is 1.64 bits per heavy atom. The van der Waals surface area contributed by atoms with Crippen LogP contribution < -0.4 is 14.5 Å². The van der Waals surface area contributed by atoms with Crippen LogP contribution in [0, 0.1) is 6.92 Å². The van der Waals surface area contributed by atoms with E-state index in [1.807, 2.05) is 25.1 Å². The molecular formula is C19H21N5O. The third-order valence-corrected chi connectivity index (χ3v) is 4.64. The van der Waals surface area contributed by atoms with Gasteiger partial charge in [0.25, 0.3) is 0 Å². The lowest BCUT2D eigenvalue weighted by Gasteiger charge is -2.36. The number of aromatic nitrogens is 3. The zero-order chi connectivity index (χ0) is 17.2. The highest BCUT2D eigenvalue weighted by atomic mass is 16.5. The first-order valence-corrected chi connectivity index (χ1v) is 8.47. The minimum atomic E-state index is 0.833. The summed E-state index contributed by atoms with van der Waals surface area (Å²) in [6.45, 7) is 5.67. The predicted molar refractivity (Wildman–Crippen MR) is 99.5 cm³/mol. The van der Waals surface area contributed by atoms with E-state index in [0.717, 1.165) is 60.2 Å². The maximum atomic E-state index is 5.31. The Kier molecular flexibility index (Phi) is 4.09. The van der Waals surface area contributed by atoms with Gasteiger partial charge in [0, 0.05) is 50.0 Å². The van der Waals surface area contributed by atoms with Gasteiger partial charge >= 0.3 is 0 Å². The van der Waals surface area contributed by atoms with Gasteiger partial charge in [0.05, 0.1) is 18.3 Å². The molecule has 0 aliphatic carbocycles. The van der Waals surface area contributed by atoms with E-state index in [9.17, 15) is 0 Å². The molecule has 4 rings (SSSR count). The van der Waals surface area contributed by atoms with Gasteiger partial charge in [0.2, 0.25) is 0 Å². The summed E-state index contributed by atoms with van der Waals surface area (Å²) in [5, 5.41) is 1.12. The topological polar surface area (TPSA) is 54.4 Å². The number of methoxy groups -OCH3 is 1. The van der Waals surface area contributed by atoms with Crippen molar-refractivity contribution in [2.45, 2.75) is 6.92 Å². The average molecular weight is 335 g/mol. The Balaban J connectivity index is 1.52. The second-order valence-corrected chi connectivity index (χ2v) is 6.17. The summed E-state index contributed by atoms with van der Waals surface area (Å²) in [6, 6.07) is 10.2. The fourth-order valence-corrected chi connectivity index (χ4v) is 3.25. The molecule has 0 radical (unpaired) electrons. The van der Waals surface area contributed by atoms with Crippen LogP contribution in [0.4, 0.5) is 11.6 Å². The maximum Gasteiger partial charge on any atom is 0.150 e. The molecule has 3 heterocycles. The summed E-state index contributed by atoms with van der Waals surface area (Å²) >= 11 is 0. The summed E-state index contributed by atoms with van der Waals surface area (Å²) in [5.41, 5.74) is 1.94. The molecule has 0 spiro atoms. The van der Waals surface area contributed by atoms with Crippen LogP contribution in [0.25, 0.3) is 10.9 Å². The first-order chi connectivity index (χ1) is 12.2. The highest BCUT2D eigenvalue weighted by Crippen LogP contribution is 2.24. The van der Waals surface area contributed by atoms with E-state index >= 15 is 0 Å². The lowest BCUT2D eigenvalue weighted by atomic mass is 10.2. The molecule has 1 aromatic carbocycles. The number of ether oxygens (including phenoxy) is 1. The summed E-state index contributed by atoms with van der Waals surface area (Å²) in [4.78, 5) is 18.3. The molecule has 1 saturated heterocycles. The second kappa shape index (κ2) is 6.55. The van der Waals surface area contributed by atoms with Crippen LogP contribution in [0.5, 0.6) is 5.75 Å². The van der Waals surface area contributed by atoms with Crippen molar-refractivity contribution in [2.75, 3.05) is 43.1 Å². The number of anilines is 2. The van der Waals surface area contributed by atoms with Crippen LogP contribution in [-0.2, 0) is 0 Å². The van der Waals surface area contributed by atoms with Crippen molar-refractivity contribution in [3.8, 4) is 5.75 Å². The van der Waals surface area contributed by atoms with E-state index in [4.69, 9.17) is 9.72 Å². The average Bonchev–Trinajstić information content (AvgIpc) is 2.67. The van der Waals surface area contributed by atoms with Crippen LogP contribution >= 0.6 is 0 Å². The van der Waals surface area contributed by atoms with Crippen LogP contribution in [0.1, 0.15) is 5.69 Å². The summed E-state index contributed by atoms with van der Waals surface area (Å²) in [6.07, 6.45) is 3.50. The van der Waals surface area contributed by atoms with E-state index < -0.39 is 0 Å². The quantitative estimate of drug-likeness (QED) is 0.733. The molecule has 6 nitrogen and oxygen atoms in total. The molecular weight excluding hydrogens is 314 g/mol. The SMILES string of the molecule is COc1ccc2ccc(N3CCN(c4nccnc4C)CC3)nc2c1. The number of piperazine rings is 1. The summed E-state index contributed by atoms with van der Waals surface area (Å²) in [5.74, 6) is 2.83. The molecule has 6 heteroatoms. The van der Waals surface area contributed by atoms with E-state index in [0.29, 0.717) is 0 Å². The molecule has 0 bridgehead atoms. The molecule has 0 atom stereocenters. The second-order valence-electron chi connectivity index (χ2n) is 6.17. The fraction of sp³-hybridized carbons (Fsp3) is 0.316. The molecule has 1 aliphatic heterocycles. The Bertz CT molecular complexity index is 890. The van der Waals surface area contributed by atoms with Crippen LogP contribution in [0.15, 0.2) is 42.7 Å². The monoisotopic (exact) mass is 335 g/mol. The van der Waals surface area contributed by atoms with Crippen molar-refractivity contribution in [3.05, 3.63) is 48.4 Å². The summed E-state index contributed by atoms with van der Waals surface area (Å²) < 4.78 is 5.31. The van der Waals surface area contributed by atoms with E-state index in [1.165, 1.54) is 0 Å². The highest BCUT2D eigenvalue weighted by molar-refractivity contribution is 5.81. The van der Waals surface area contributed by atoms with Gasteiger partial charge in [-0.15, -0.1) is 0 Å². The molecule has 0 unspecified atom stereocenters. The van der Waals surface area contributed by atoms with Crippen LogP contribution in [-0.4, -0.2) is 48.2 Å². The third-order valence-electron chi connectivity index (χ3n) is 4.64. The van der Waals surface area contributed by atoms with E-state index in [-0.39, 0.29) is 0 Å². The molecule has 1 aliphatic rings. The number of pyridine rings is 1. The molecule has 0 amide bonds. The van der Waals surface area contributed by atoms with Crippen molar-refractivity contribution in [3.63, 3.8) is 0 Å². The normalized spacial score (nSPS) is 14.8. The number of nitrogens with zero attached hydrogens (tertiary/aromatic N) is 5. The van der Waals surface area contributed by atoms with Crippen molar-refractivity contribution < 1.29 is 4.74 Å². The van der Waals surface area contributed by atoms with E-state index in [1.54, 1.807) is 19.5 Å². The van der Waals surface area contributed by atoms with Crippen molar-refractivity contribution in [2.24, 2.45) is 0 Å². The van der Waals surface area contributed by atoms with Crippen molar-refractivity contribution in [1.29, 1.82) is 0 Å². The Morgan fingerprint density at radius 1 is 0.920 bits per heavy atom. The van der Waals surface area contributed by atoms with Gasteiger partial charge in [0.1, 0.15) is 17.4 Å². The van der Waals surface area contributed by atoms with Crippen molar-refractivity contribution in [1.82, 2.24) is 15.0 Å². The van der Waals surface area contributed by atoms with Gasteiger partial charge in [-0.25, -0.2) is 9.97 Å². The maximum absolute atomic E-state index is 5.31. The molecule has 25 heavy (non-hydrogen) atoms. The number of aryl methyl sites for hydroxylation is 1. The molecule has 1 fully saturated rings. The van der Waals surface area contributed by atoms with Gasteiger partial charge in [-0.05, 0) is 31.2 Å². The van der Waals surface area contributed by atoms with Gasteiger partial charge < -0.3 is 14.5 Å². The lowest BCUT2D eigenvalue weighted by molar-refractivity contribution is 0.415. The molecule has 128 valence electrons. The Labute approximate surface area is 147 Å². The molecule has 0 N–H and O–H groups in total. The summed E-state index contributed by atoms with van der Waals surface area (Å²) in [7, 11) is 1.68. The predicted octanol–water partition coefficient (Wildman–Crippen LogP) is 2.67. The van der Waals surface area contributed by atoms with Crippen molar-refractivity contribution >= 4 is 22.5 Å².